The molecule has 1 aliphatic carbocycles. The predicted octanol–water partition coefficient (Wildman–Crippen LogP) is 3.93. The number of pyridine rings is 1. The molecule has 1 aliphatic rings. The molecule has 1 saturated carbocycles. The van der Waals surface area contributed by atoms with Crippen LogP contribution >= 0.6 is 24.0 Å². The highest BCUT2D eigenvalue weighted by atomic mass is 127. The number of anilines is 1. The Hall–Kier alpha value is -1.05. The van der Waals surface area contributed by atoms with Gasteiger partial charge in [0.2, 0.25) is 0 Å². The summed E-state index contributed by atoms with van der Waals surface area (Å²) in [6, 6.07) is 4.80. The van der Waals surface area contributed by atoms with Crippen molar-refractivity contribution < 1.29 is 0 Å². The molecule has 0 spiro atoms. The Labute approximate surface area is 170 Å². The Morgan fingerprint density at radius 1 is 1.16 bits per heavy atom. The third kappa shape index (κ3) is 7.38. The zero-order valence-corrected chi connectivity index (χ0v) is 18.3. The molecule has 0 amide bonds. The van der Waals surface area contributed by atoms with Gasteiger partial charge in [0.25, 0.3) is 0 Å². The van der Waals surface area contributed by atoms with Crippen LogP contribution in [0.3, 0.4) is 0 Å². The van der Waals surface area contributed by atoms with Gasteiger partial charge in [-0.05, 0) is 45.2 Å². The Bertz CT molecular complexity index is 493. The first-order valence-corrected chi connectivity index (χ1v) is 9.51. The van der Waals surface area contributed by atoms with E-state index in [1.54, 1.807) is 0 Å². The summed E-state index contributed by atoms with van der Waals surface area (Å²) >= 11 is 0. The van der Waals surface area contributed by atoms with Crippen LogP contribution in [-0.2, 0) is 6.54 Å². The third-order valence-corrected chi connectivity index (χ3v) is 4.61. The van der Waals surface area contributed by atoms with Gasteiger partial charge < -0.3 is 15.5 Å². The molecule has 0 bridgehead atoms. The van der Waals surface area contributed by atoms with Gasteiger partial charge >= 0.3 is 0 Å². The zero-order valence-electron chi connectivity index (χ0n) is 15.9. The number of nitrogens with one attached hydrogen (secondary N) is 2. The van der Waals surface area contributed by atoms with Gasteiger partial charge in [0.05, 0.1) is 6.54 Å². The van der Waals surface area contributed by atoms with Gasteiger partial charge in [-0.3, -0.25) is 0 Å². The standard InChI is InChI=1S/C19H33N5.HI/c1-4-20-19(23-17-10-8-7-9-11-17)22-15-16-12-13-18(21-14-16)24(5-2)6-3;/h12-14,17H,4-11,15H2,1-3H3,(H2,20,22,23);1H. The molecular weight excluding hydrogens is 425 g/mol. The van der Waals surface area contributed by atoms with Crippen LogP contribution in [0.25, 0.3) is 0 Å². The lowest BCUT2D eigenvalue weighted by Gasteiger charge is -2.24. The van der Waals surface area contributed by atoms with E-state index in [0.29, 0.717) is 12.6 Å². The summed E-state index contributed by atoms with van der Waals surface area (Å²) in [5.74, 6) is 1.97. The smallest absolute Gasteiger partial charge is 0.191 e. The monoisotopic (exact) mass is 459 g/mol. The summed E-state index contributed by atoms with van der Waals surface area (Å²) in [5, 5.41) is 6.94. The molecule has 0 aromatic carbocycles. The normalized spacial score (nSPS) is 15.4. The van der Waals surface area contributed by atoms with Crippen LogP contribution in [0.5, 0.6) is 0 Å². The van der Waals surface area contributed by atoms with Crippen molar-refractivity contribution in [2.75, 3.05) is 24.5 Å². The van der Waals surface area contributed by atoms with Crippen LogP contribution in [0.2, 0.25) is 0 Å². The molecule has 25 heavy (non-hydrogen) atoms. The highest BCUT2D eigenvalue weighted by molar-refractivity contribution is 14.0. The van der Waals surface area contributed by atoms with Crippen molar-refractivity contribution >= 4 is 35.8 Å². The number of hydrogen-bond acceptors (Lipinski definition) is 3. The number of aromatic nitrogens is 1. The van der Waals surface area contributed by atoms with E-state index in [1.807, 2.05) is 6.20 Å². The van der Waals surface area contributed by atoms with Crippen molar-refractivity contribution in [2.45, 2.75) is 65.5 Å². The second kappa shape index (κ2) is 12.3. The maximum Gasteiger partial charge on any atom is 0.191 e. The number of rotatable bonds is 7. The van der Waals surface area contributed by atoms with Gasteiger partial charge in [-0.15, -0.1) is 24.0 Å². The molecule has 1 fully saturated rings. The van der Waals surface area contributed by atoms with Crippen molar-refractivity contribution in [1.29, 1.82) is 0 Å². The molecule has 142 valence electrons. The van der Waals surface area contributed by atoms with E-state index in [9.17, 15) is 0 Å². The lowest BCUT2D eigenvalue weighted by Crippen LogP contribution is -2.44. The van der Waals surface area contributed by atoms with E-state index in [4.69, 9.17) is 4.99 Å². The average Bonchev–Trinajstić information content (AvgIpc) is 2.63. The SMILES string of the molecule is CCNC(=NCc1ccc(N(CC)CC)nc1)NC1CCCCC1.I. The minimum absolute atomic E-state index is 0. The lowest BCUT2D eigenvalue weighted by molar-refractivity contribution is 0.410. The Morgan fingerprint density at radius 3 is 2.44 bits per heavy atom. The Balaban J connectivity index is 0.00000312. The van der Waals surface area contributed by atoms with Gasteiger partial charge in [0, 0.05) is 31.9 Å². The molecular formula is C19H34IN5. The van der Waals surface area contributed by atoms with Crippen LogP contribution in [0, 0.1) is 0 Å². The van der Waals surface area contributed by atoms with Gasteiger partial charge in [0.15, 0.2) is 5.96 Å². The largest absolute Gasteiger partial charge is 0.357 e. The van der Waals surface area contributed by atoms with E-state index in [0.717, 1.165) is 37.0 Å². The van der Waals surface area contributed by atoms with E-state index < -0.39 is 0 Å². The molecule has 1 aromatic rings. The zero-order chi connectivity index (χ0) is 17.2. The molecule has 2 rings (SSSR count). The highest BCUT2D eigenvalue weighted by Crippen LogP contribution is 2.17. The number of aliphatic imine (C=N–C) groups is 1. The summed E-state index contributed by atoms with van der Waals surface area (Å²) in [6.07, 6.45) is 8.48. The average molecular weight is 459 g/mol. The second-order valence-corrected chi connectivity index (χ2v) is 6.37. The molecule has 1 heterocycles. The lowest BCUT2D eigenvalue weighted by atomic mass is 9.96. The van der Waals surface area contributed by atoms with E-state index in [2.05, 4.69) is 53.4 Å². The van der Waals surface area contributed by atoms with Crippen molar-refractivity contribution in [3.63, 3.8) is 0 Å². The second-order valence-electron chi connectivity index (χ2n) is 6.37. The number of nitrogens with zero attached hydrogens (tertiary/aromatic N) is 3. The molecule has 0 aliphatic heterocycles. The molecule has 2 N–H and O–H groups in total. The molecule has 0 unspecified atom stereocenters. The number of hydrogen-bond donors (Lipinski definition) is 2. The molecule has 0 saturated heterocycles. The molecule has 6 heteroatoms. The Kier molecular flexibility index (Phi) is 10.8. The number of guanidine groups is 1. The maximum atomic E-state index is 4.73. The first-order valence-electron chi connectivity index (χ1n) is 9.51. The fourth-order valence-electron chi connectivity index (χ4n) is 3.18. The highest BCUT2D eigenvalue weighted by Gasteiger charge is 2.14. The summed E-state index contributed by atoms with van der Waals surface area (Å²) in [4.78, 5) is 11.6. The minimum Gasteiger partial charge on any atom is -0.357 e. The molecule has 0 atom stereocenters. The van der Waals surface area contributed by atoms with Crippen molar-refractivity contribution in [3.05, 3.63) is 23.9 Å². The fourth-order valence-corrected chi connectivity index (χ4v) is 3.18. The third-order valence-electron chi connectivity index (χ3n) is 4.61. The topological polar surface area (TPSA) is 52.6 Å². The summed E-state index contributed by atoms with van der Waals surface area (Å²) in [5.41, 5.74) is 1.15. The first-order chi connectivity index (χ1) is 11.8. The van der Waals surface area contributed by atoms with Crippen molar-refractivity contribution in [3.8, 4) is 0 Å². The predicted molar refractivity (Wildman–Crippen MR) is 118 cm³/mol. The summed E-state index contributed by atoms with van der Waals surface area (Å²) < 4.78 is 0. The van der Waals surface area contributed by atoms with E-state index >= 15 is 0 Å². The van der Waals surface area contributed by atoms with Crippen LogP contribution in [0.15, 0.2) is 23.3 Å². The van der Waals surface area contributed by atoms with E-state index in [-0.39, 0.29) is 24.0 Å². The van der Waals surface area contributed by atoms with Crippen molar-refractivity contribution in [1.82, 2.24) is 15.6 Å². The summed E-state index contributed by atoms with van der Waals surface area (Å²) in [6.45, 7) is 9.93. The molecule has 1 aromatic heterocycles. The molecule has 0 radical (unpaired) electrons. The molecule has 5 nitrogen and oxygen atoms in total. The quantitative estimate of drug-likeness (QED) is 0.369. The van der Waals surface area contributed by atoms with Crippen LogP contribution in [0.4, 0.5) is 5.82 Å². The van der Waals surface area contributed by atoms with Crippen molar-refractivity contribution in [2.24, 2.45) is 4.99 Å². The van der Waals surface area contributed by atoms with Crippen LogP contribution < -0.4 is 15.5 Å². The first kappa shape index (κ1) is 22.0. The maximum absolute atomic E-state index is 4.73. The fraction of sp³-hybridized carbons (Fsp3) is 0.684. The van der Waals surface area contributed by atoms with E-state index in [1.165, 1.54) is 32.1 Å². The van der Waals surface area contributed by atoms with Crippen LogP contribution in [0.1, 0.15) is 58.4 Å². The van der Waals surface area contributed by atoms with Gasteiger partial charge in [-0.25, -0.2) is 9.98 Å². The summed E-state index contributed by atoms with van der Waals surface area (Å²) in [7, 11) is 0. The van der Waals surface area contributed by atoms with Gasteiger partial charge in [-0.1, -0.05) is 25.3 Å². The minimum atomic E-state index is 0. The number of halogens is 1. The van der Waals surface area contributed by atoms with Crippen LogP contribution in [-0.4, -0.2) is 36.6 Å². The van der Waals surface area contributed by atoms with Gasteiger partial charge in [-0.2, -0.15) is 0 Å². The Morgan fingerprint density at radius 2 is 1.88 bits per heavy atom. The van der Waals surface area contributed by atoms with Gasteiger partial charge in [0.1, 0.15) is 5.82 Å².